The zero-order valence-electron chi connectivity index (χ0n) is 13.7. The maximum absolute atomic E-state index is 9.47. The van der Waals surface area contributed by atoms with E-state index in [2.05, 4.69) is 34.5 Å². The van der Waals surface area contributed by atoms with E-state index in [9.17, 15) is 5.11 Å². The minimum absolute atomic E-state index is 0.307. The van der Waals surface area contributed by atoms with Crippen molar-refractivity contribution in [3.8, 4) is 5.75 Å². The molecule has 2 rings (SSSR count). The summed E-state index contributed by atoms with van der Waals surface area (Å²) < 4.78 is 0. The van der Waals surface area contributed by atoms with E-state index in [0.717, 1.165) is 42.5 Å². The molecule has 1 aromatic carbocycles. The van der Waals surface area contributed by atoms with E-state index in [-0.39, 0.29) is 0 Å². The van der Waals surface area contributed by atoms with E-state index >= 15 is 0 Å². The highest BCUT2D eigenvalue weighted by Gasteiger charge is 2.01. The second-order valence-electron chi connectivity index (χ2n) is 5.22. The summed E-state index contributed by atoms with van der Waals surface area (Å²) in [4.78, 5) is 10.2. The van der Waals surface area contributed by atoms with Crippen LogP contribution in [0.4, 0.5) is 0 Å². The smallest absolute Gasteiger partial charge is 0.191 e. The van der Waals surface area contributed by atoms with Gasteiger partial charge in [-0.1, -0.05) is 12.1 Å². The first kappa shape index (κ1) is 17.3. The van der Waals surface area contributed by atoms with E-state index in [1.807, 2.05) is 18.3 Å². The van der Waals surface area contributed by atoms with Crippen molar-refractivity contribution in [1.29, 1.82) is 0 Å². The van der Waals surface area contributed by atoms with E-state index < -0.39 is 0 Å². The molecule has 3 N–H and O–H groups in total. The monoisotopic (exact) mass is 332 g/mol. The number of guanidine groups is 1. The molecule has 0 aliphatic heterocycles. The Hall–Kier alpha value is -2.08. The molecule has 0 radical (unpaired) electrons. The summed E-state index contributed by atoms with van der Waals surface area (Å²) in [5.41, 5.74) is 1.10. The highest BCUT2D eigenvalue weighted by molar-refractivity contribution is 7.11. The Morgan fingerprint density at radius 3 is 2.87 bits per heavy atom. The standard InChI is InChI=1S/C17H24N4OS/c1-3-18-17(20-10-8-16-21-12-13(2)23-16)19-9-7-14-5-4-6-15(22)11-14/h4-6,11-12,22H,3,7-10H2,1-2H3,(H2,18,19,20). The van der Waals surface area contributed by atoms with Crippen LogP contribution in [0.15, 0.2) is 35.5 Å². The van der Waals surface area contributed by atoms with E-state index in [0.29, 0.717) is 12.3 Å². The first-order valence-corrected chi connectivity index (χ1v) is 8.70. The summed E-state index contributed by atoms with van der Waals surface area (Å²) in [5.74, 6) is 1.13. The number of hydrogen-bond donors (Lipinski definition) is 3. The quantitative estimate of drug-likeness (QED) is 0.538. The van der Waals surface area contributed by atoms with Crippen molar-refractivity contribution in [1.82, 2.24) is 15.6 Å². The van der Waals surface area contributed by atoms with Crippen LogP contribution < -0.4 is 10.6 Å². The highest BCUT2D eigenvalue weighted by atomic mass is 32.1. The molecule has 2 aromatic rings. The van der Waals surface area contributed by atoms with Crippen LogP contribution in [0.2, 0.25) is 0 Å². The van der Waals surface area contributed by atoms with Crippen LogP contribution in [0, 0.1) is 6.92 Å². The molecule has 0 atom stereocenters. The topological polar surface area (TPSA) is 69.5 Å². The van der Waals surface area contributed by atoms with Gasteiger partial charge >= 0.3 is 0 Å². The Labute approximate surface area is 141 Å². The minimum atomic E-state index is 0.307. The summed E-state index contributed by atoms with van der Waals surface area (Å²) in [6.07, 6.45) is 3.61. The summed E-state index contributed by atoms with van der Waals surface area (Å²) in [6, 6.07) is 7.34. The summed E-state index contributed by atoms with van der Waals surface area (Å²) in [7, 11) is 0. The van der Waals surface area contributed by atoms with Crippen LogP contribution in [0.3, 0.4) is 0 Å². The lowest BCUT2D eigenvalue weighted by molar-refractivity contribution is 0.474. The Morgan fingerprint density at radius 1 is 1.30 bits per heavy atom. The maximum atomic E-state index is 9.47. The van der Waals surface area contributed by atoms with Crippen molar-refractivity contribution in [2.75, 3.05) is 19.6 Å². The second kappa shape index (κ2) is 9.15. The predicted octanol–water partition coefficient (Wildman–Crippen LogP) is 2.50. The normalized spacial score (nSPS) is 11.5. The first-order valence-electron chi connectivity index (χ1n) is 7.88. The van der Waals surface area contributed by atoms with Crippen LogP contribution in [-0.2, 0) is 12.8 Å². The third-order valence-corrected chi connectivity index (χ3v) is 4.20. The van der Waals surface area contributed by atoms with Gasteiger partial charge in [-0.25, -0.2) is 4.98 Å². The lowest BCUT2D eigenvalue weighted by Crippen LogP contribution is -2.38. The number of aromatic nitrogens is 1. The Balaban J connectivity index is 1.79. The van der Waals surface area contributed by atoms with Crippen LogP contribution in [0.25, 0.3) is 0 Å². The molecule has 1 heterocycles. The zero-order valence-corrected chi connectivity index (χ0v) is 14.5. The average Bonchev–Trinajstić information content (AvgIpc) is 2.93. The lowest BCUT2D eigenvalue weighted by atomic mass is 10.1. The first-order chi connectivity index (χ1) is 11.2. The molecular formula is C17H24N4OS. The zero-order chi connectivity index (χ0) is 16.5. The number of phenols is 1. The van der Waals surface area contributed by atoms with Crippen molar-refractivity contribution < 1.29 is 5.11 Å². The highest BCUT2D eigenvalue weighted by Crippen LogP contribution is 2.12. The average molecular weight is 332 g/mol. The lowest BCUT2D eigenvalue weighted by Gasteiger charge is -2.11. The number of aromatic hydroxyl groups is 1. The third kappa shape index (κ3) is 6.28. The molecule has 0 saturated heterocycles. The molecule has 0 aliphatic rings. The number of nitrogens with one attached hydrogen (secondary N) is 2. The fourth-order valence-corrected chi connectivity index (χ4v) is 2.94. The van der Waals surface area contributed by atoms with Crippen molar-refractivity contribution in [2.45, 2.75) is 26.7 Å². The van der Waals surface area contributed by atoms with Gasteiger partial charge in [-0.2, -0.15) is 0 Å². The van der Waals surface area contributed by atoms with Gasteiger partial charge in [0.05, 0.1) is 5.01 Å². The molecule has 6 heteroatoms. The van der Waals surface area contributed by atoms with Crippen LogP contribution in [0.1, 0.15) is 22.4 Å². The number of nitrogens with zero attached hydrogens (tertiary/aromatic N) is 2. The molecule has 23 heavy (non-hydrogen) atoms. The summed E-state index contributed by atoms with van der Waals surface area (Å²) in [5, 5.41) is 17.2. The maximum Gasteiger partial charge on any atom is 0.191 e. The molecule has 0 amide bonds. The van der Waals surface area contributed by atoms with Crippen molar-refractivity contribution in [2.24, 2.45) is 4.99 Å². The second-order valence-corrected chi connectivity index (χ2v) is 6.54. The van der Waals surface area contributed by atoms with Gasteiger partial charge in [0, 0.05) is 37.1 Å². The molecule has 0 spiro atoms. The van der Waals surface area contributed by atoms with Gasteiger partial charge in [-0.05, 0) is 38.0 Å². The van der Waals surface area contributed by atoms with Crippen LogP contribution in [0.5, 0.6) is 5.75 Å². The van der Waals surface area contributed by atoms with Gasteiger partial charge in [0.1, 0.15) is 5.75 Å². The molecule has 0 bridgehead atoms. The molecule has 5 nitrogen and oxygen atoms in total. The summed E-state index contributed by atoms with van der Waals surface area (Å²) >= 11 is 1.72. The molecule has 1 aromatic heterocycles. The van der Waals surface area contributed by atoms with E-state index in [4.69, 9.17) is 0 Å². The molecule has 0 saturated carbocycles. The predicted molar refractivity (Wildman–Crippen MR) is 96.3 cm³/mol. The Kier molecular flexibility index (Phi) is 6.87. The van der Waals surface area contributed by atoms with Gasteiger partial charge in [0.2, 0.25) is 0 Å². The number of aryl methyl sites for hydroxylation is 1. The van der Waals surface area contributed by atoms with Gasteiger partial charge in [-0.15, -0.1) is 11.3 Å². The summed E-state index contributed by atoms with van der Waals surface area (Å²) in [6.45, 7) is 6.43. The number of hydrogen-bond acceptors (Lipinski definition) is 4. The van der Waals surface area contributed by atoms with Gasteiger partial charge in [0.25, 0.3) is 0 Å². The third-order valence-electron chi connectivity index (χ3n) is 3.23. The number of rotatable bonds is 7. The Bertz CT molecular complexity index is 639. The van der Waals surface area contributed by atoms with Crippen molar-refractivity contribution in [3.05, 3.63) is 45.9 Å². The van der Waals surface area contributed by atoms with Crippen molar-refractivity contribution >= 4 is 17.3 Å². The SMILES string of the molecule is CCNC(=NCCc1ncc(C)s1)NCCc1cccc(O)c1. The number of aliphatic imine (C=N–C) groups is 1. The molecule has 124 valence electrons. The van der Waals surface area contributed by atoms with Gasteiger partial charge in [0.15, 0.2) is 5.96 Å². The minimum Gasteiger partial charge on any atom is -0.508 e. The number of benzene rings is 1. The number of phenolic OH excluding ortho intramolecular Hbond substituents is 1. The number of thiazole rings is 1. The van der Waals surface area contributed by atoms with Crippen LogP contribution >= 0.6 is 11.3 Å². The van der Waals surface area contributed by atoms with E-state index in [1.165, 1.54) is 4.88 Å². The Morgan fingerprint density at radius 2 is 2.17 bits per heavy atom. The fraction of sp³-hybridized carbons (Fsp3) is 0.412. The molecule has 0 fully saturated rings. The molecular weight excluding hydrogens is 308 g/mol. The van der Waals surface area contributed by atoms with Gasteiger partial charge in [-0.3, -0.25) is 4.99 Å². The molecule has 0 aliphatic carbocycles. The van der Waals surface area contributed by atoms with Crippen LogP contribution in [-0.4, -0.2) is 35.7 Å². The van der Waals surface area contributed by atoms with Crippen molar-refractivity contribution in [3.63, 3.8) is 0 Å². The largest absolute Gasteiger partial charge is 0.508 e. The fourth-order valence-electron chi connectivity index (χ4n) is 2.16. The molecule has 0 unspecified atom stereocenters. The van der Waals surface area contributed by atoms with E-state index in [1.54, 1.807) is 23.5 Å². The van der Waals surface area contributed by atoms with Gasteiger partial charge < -0.3 is 15.7 Å².